The third-order valence-electron chi connectivity index (χ3n) is 3.06. The van der Waals surface area contributed by atoms with E-state index in [-0.39, 0.29) is 0 Å². The van der Waals surface area contributed by atoms with Crippen LogP contribution in [0.5, 0.6) is 0 Å². The summed E-state index contributed by atoms with van der Waals surface area (Å²) < 4.78 is 0. The van der Waals surface area contributed by atoms with E-state index in [0.717, 1.165) is 6.42 Å². The molecule has 0 spiro atoms. The van der Waals surface area contributed by atoms with Crippen molar-refractivity contribution < 1.29 is 0 Å². The highest BCUT2D eigenvalue weighted by molar-refractivity contribution is 7.11. The zero-order valence-corrected chi connectivity index (χ0v) is 12.4. The Hall–Kier alpha value is -1.15. The topological polar surface area (TPSA) is 12.9 Å². The molecule has 1 aromatic heterocycles. The van der Waals surface area contributed by atoms with Crippen molar-refractivity contribution in [2.24, 2.45) is 0 Å². The summed E-state index contributed by atoms with van der Waals surface area (Å²) in [4.78, 5) is 5.85. The maximum Gasteiger partial charge on any atom is 0.0953 e. The Kier molecular flexibility index (Phi) is 4.18. The van der Waals surface area contributed by atoms with Crippen molar-refractivity contribution >= 4 is 11.3 Å². The Labute approximate surface area is 114 Å². The summed E-state index contributed by atoms with van der Waals surface area (Å²) >= 11 is 1.84. The summed E-state index contributed by atoms with van der Waals surface area (Å²) in [6, 6.07) is 8.90. The quantitative estimate of drug-likeness (QED) is 0.754. The predicted molar refractivity (Wildman–Crippen MR) is 79.5 cm³/mol. The number of benzene rings is 1. The largest absolute Gasteiger partial charge is 0.249 e. The average Bonchev–Trinajstić information content (AvgIpc) is 2.78. The van der Waals surface area contributed by atoms with Crippen molar-refractivity contribution in [3.8, 4) is 0 Å². The van der Waals surface area contributed by atoms with Gasteiger partial charge in [0.15, 0.2) is 0 Å². The van der Waals surface area contributed by atoms with Gasteiger partial charge in [0.25, 0.3) is 0 Å². The van der Waals surface area contributed by atoms with Crippen LogP contribution in [0.3, 0.4) is 0 Å². The van der Waals surface area contributed by atoms with Crippen molar-refractivity contribution in [2.75, 3.05) is 0 Å². The molecular weight excluding hydrogens is 238 g/mol. The monoisotopic (exact) mass is 259 g/mol. The number of nitrogens with zero attached hydrogens (tertiary/aromatic N) is 1. The van der Waals surface area contributed by atoms with Crippen LogP contribution in [0.15, 0.2) is 30.5 Å². The Morgan fingerprint density at radius 2 is 1.89 bits per heavy atom. The van der Waals surface area contributed by atoms with E-state index >= 15 is 0 Å². The van der Waals surface area contributed by atoms with E-state index in [9.17, 15) is 0 Å². The maximum atomic E-state index is 4.49. The standard InChI is InChI=1S/C16H21NS/c1-11(2)14-7-5-6-13(8-14)9-15-10-17-16(18-15)12(3)4/h5-8,10-12H,9H2,1-4H3. The zero-order chi connectivity index (χ0) is 13.1. The number of hydrogen-bond donors (Lipinski definition) is 0. The molecule has 96 valence electrons. The number of hydrogen-bond acceptors (Lipinski definition) is 2. The molecule has 2 rings (SSSR count). The average molecular weight is 259 g/mol. The molecule has 0 fully saturated rings. The van der Waals surface area contributed by atoms with Gasteiger partial charge in [0.2, 0.25) is 0 Å². The summed E-state index contributed by atoms with van der Waals surface area (Å²) in [5.41, 5.74) is 2.81. The second-order valence-corrected chi connectivity index (χ2v) is 6.54. The van der Waals surface area contributed by atoms with Gasteiger partial charge in [-0.25, -0.2) is 4.98 Å². The van der Waals surface area contributed by atoms with E-state index in [1.165, 1.54) is 21.0 Å². The zero-order valence-electron chi connectivity index (χ0n) is 11.6. The van der Waals surface area contributed by atoms with Gasteiger partial charge >= 0.3 is 0 Å². The Bertz CT molecular complexity index is 511. The molecule has 18 heavy (non-hydrogen) atoms. The smallest absolute Gasteiger partial charge is 0.0953 e. The van der Waals surface area contributed by atoms with Crippen LogP contribution in [0.2, 0.25) is 0 Å². The first-order valence-electron chi connectivity index (χ1n) is 6.59. The Morgan fingerprint density at radius 3 is 2.50 bits per heavy atom. The minimum absolute atomic E-state index is 0.533. The summed E-state index contributed by atoms with van der Waals surface area (Å²) in [5, 5.41) is 1.24. The van der Waals surface area contributed by atoms with Crippen LogP contribution in [0.4, 0.5) is 0 Å². The van der Waals surface area contributed by atoms with Gasteiger partial charge in [0.1, 0.15) is 0 Å². The van der Waals surface area contributed by atoms with Gasteiger partial charge in [-0.3, -0.25) is 0 Å². The molecule has 0 saturated heterocycles. The number of aromatic nitrogens is 1. The summed E-state index contributed by atoms with van der Waals surface area (Å²) in [6.45, 7) is 8.87. The van der Waals surface area contributed by atoms with Crippen LogP contribution in [0.25, 0.3) is 0 Å². The van der Waals surface area contributed by atoms with E-state index in [2.05, 4.69) is 56.9 Å². The van der Waals surface area contributed by atoms with E-state index in [4.69, 9.17) is 0 Å². The van der Waals surface area contributed by atoms with Gasteiger partial charge < -0.3 is 0 Å². The molecule has 0 bridgehead atoms. The molecule has 0 atom stereocenters. The highest BCUT2D eigenvalue weighted by atomic mass is 32.1. The molecule has 0 N–H and O–H groups in total. The van der Waals surface area contributed by atoms with Crippen molar-refractivity contribution in [1.82, 2.24) is 4.98 Å². The maximum absolute atomic E-state index is 4.49. The summed E-state index contributed by atoms with van der Waals surface area (Å²) in [7, 11) is 0. The van der Waals surface area contributed by atoms with Gasteiger partial charge in [-0.05, 0) is 17.0 Å². The van der Waals surface area contributed by atoms with Crippen molar-refractivity contribution in [3.63, 3.8) is 0 Å². The van der Waals surface area contributed by atoms with Crippen LogP contribution < -0.4 is 0 Å². The Morgan fingerprint density at radius 1 is 1.11 bits per heavy atom. The van der Waals surface area contributed by atoms with Gasteiger partial charge in [0, 0.05) is 23.4 Å². The lowest BCUT2D eigenvalue weighted by molar-refractivity contribution is 0.852. The lowest BCUT2D eigenvalue weighted by Gasteiger charge is -2.07. The normalized spacial score (nSPS) is 11.4. The molecule has 0 aliphatic rings. The van der Waals surface area contributed by atoms with E-state index in [1.54, 1.807) is 0 Å². The van der Waals surface area contributed by atoms with E-state index < -0.39 is 0 Å². The van der Waals surface area contributed by atoms with Gasteiger partial charge in [-0.15, -0.1) is 11.3 Å². The first kappa shape index (κ1) is 13.3. The van der Waals surface area contributed by atoms with Crippen LogP contribution in [-0.4, -0.2) is 4.98 Å². The van der Waals surface area contributed by atoms with Gasteiger partial charge in [0.05, 0.1) is 5.01 Å². The number of rotatable bonds is 4. The second-order valence-electron chi connectivity index (χ2n) is 5.40. The fourth-order valence-electron chi connectivity index (χ4n) is 1.93. The molecular formula is C16H21NS. The molecule has 2 aromatic rings. The molecule has 0 aliphatic heterocycles. The first-order valence-corrected chi connectivity index (χ1v) is 7.41. The summed E-state index contributed by atoms with van der Waals surface area (Å²) in [6.07, 6.45) is 3.03. The lowest BCUT2D eigenvalue weighted by Crippen LogP contribution is -1.90. The molecule has 0 radical (unpaired) electrons. The molecule has 0 saturated carbocycles. The molecule has 1 heterocycles. The molecule has 0 aliphatic carbocycles. The summed E-state index contributed by atoms with van der Waals surface area (Å²) in [5.74, 6) is 1.13. The Balaban J connectivity index is 2.15. The number of thiazole rings is 1. The van der Waals surface area contributed by atoms with Crippen molar-refractivity contribution in [2.45, 2.75) is 46.0 Å². The molecule has 2 heteroatoms. The minimum atomic E-state index is 0.533. The SMILES string of the molecule is CC(C)c1cccc(Cc2cnc(C(C)C)s2)c1. The van der Waals surface area contributed by atoms with Crippen molar-refractivity contribution in [1.29, 1.82) is 0 Å². The van der Waals surface area contributed by atoms with Crippen LogP contribution in [-0.2, 0) is 6.42 Å². The lowest BCUT2D eigenvalue weighted by atomic mass is 10.00. The fourth-order valence-corrected chi connectivity index (χ4v) is 2.89. The highest BCUT2D eigenvalue weighted by Gasteiger charge is 2.07. The highest BCUT2D eigenvalue weighted by Crippen LogP contribution is 2.24. The van der Waals surface area contributed by atoms with Crippen LogP contribution in [0, 0.1) is 0 Å². The third-order valence-corrected chi connectivity index (χ3v) is 4.36. The molecule has 1 nitrogen and oxygen atoms in total. The molecule has 1 aromatic carbocycles. The van der Waals surface area contributed by atoms with E-state index in [0.29, 0.717) is 11.8 Å². The van der Waals surface area contributed by atoms with Crippen molar-refractivity contribution in [3.05, 3.63) is 51.5 Å². The van der Waals surface area contributed by atoms with E-state index in [1.807, 2.05) is 17.5 Å². The fraction of sp³-hybridized carbons (Fsp3) is 0.438. The molecule has 0 unspecified atom stereocenters. The van der Waals surface area contributed by atoms with Gasteiger partial charge in [-0.2, -0.15) is 0 Å². The second kappa shape index (κ2) is 5.66. The minimum Gasteiger partial charge on any atom is -0.249 e. The van der Waals surface area contributed by atoms with Crippen LogP contribution in [0.1, 0.15) is 60.5 Å². The van der Waals surface area contributed by atoms with Crippen LogP contribution >= 0.6 is 11.3 Å². The van der Waals surface area contributed by atoms with Gasteiger partial charge in [-0.1, -0.05) is 52.0 Å². The first-order chi connectivity index (χ1) is 8.56. The predicted octanol–water partition coefficient (Wildman–Crippen LogP) is 4.98. The molecule has 0 amide bonds. The third kappa shape index (κ3) is 3.20.